The number of hydrogen-bond acceptors (Lipinski definition) is 5. The number of carbonyl (C=O) groups is 1. The molecule has 122 valence electrons. The second kappa shape index (κ2) is 7.70. The Labute approximate surface area is 145 Å². The van der Waals surface area contributed by atoms with Crippen LogP contribution in [0.1, 0.15) is 11.8 Å². The van der Waals surface area contributed by atoms with Crippen molar-refractivity contribution in [3.05, 3.63) is 64.9 Å². The highest BCUT2D eigenvalue weighted by atomic mass is 32.1. The smallest absolute Gasteiger partial charge is 0.230 e. The van der Waals surface area contributed by atoms with Crippen molar-refractivity contribution in [2.24, 2.45) is 0 Å². The van der Waals surface area contributed by atoms with E-state index in [0.29, 0.717) is 12.2 Å². The lowest BCUT2D eigenvalue weighted by Gasteiger charge is -2.21. The van der Waals surface area contributed by atoms with Crippen molar-refractivity contribution in [1.29, 1.82) is 0 Å². The summed E-state index contributed by atoms with van der Waals surface area (Å²) in [7, 11) is 0. The molecule has 0 radical (unpaired) electrons. The molecule has 0 saturated carbocycles. The average molecular weight is 338 g/mol. The SMILES string of the molecule is CCN(c1ccccc1)c1ccc(NC(=O)Cc2cccs2)nn1. The van der Waals surface area contributed by atoms with E-state index in [1.807, 2.05) is 53.9 Å². The minimum atomic E-state index is -0.0880. The number of hydrogen-bond donors (Lipinski definition) is 1. The molecule has 6 heteroatoms. The van der Waals surface area contributed by atoms with Crippen molar-refractivity contribution in [2.45, 2.75) is 13.3 Å². The summed E-state index contributed by atoms with van der Waals surface area (Å²) in [6.07, 6.45) is 0.353. The van der Waals surface area contributed by atoms with E-state index >= 15 is 0 Å². The van der Waals surface area contributed by atoms with Crippen molar-refractivity contribution < 1.29 is 4.79 Å². The van der Waals surface area contributed by atoms with Crippen LogP contribution in [0, 0.1) is 0 Å². The molecule has 24 heavy (non-hydrogen) atoms. The van der Waals surface area contributed by atoms with Crippen LogP contribution in [0.2, 0.25) is 0 Å². The van der Waals surface area contributed by atoms with Gasteiger partial charge in [0.25, 0.3) is 0 Å². The molecule has 1 amide bonds. The number of aromatic nitrogens is 2. The summed E-state index contributed by atoms with van der Waals surface area (Å²) in [5, 5.41) is 13.1. The van der Waals surface area contributed by atoms with Crippen LogP contribution in [0.4, 0.5) is 17.3 Å². The van der Waals surface area contributed by atoms with E-state index in [9.17, 15) is 4.79 Å². The van der Waals surface area contributed by atoms with Gasteiger partial charge in [-0.25, -0.2) is 0 Å². The standard InChI is InChI=1S/C18H18N4OS/c1-2-22(14-7-4-3-5-8-14)17-11-10-16(20-21-17)19-18(23)13-15-9-6-12-24-15/h3-12H,2,13H2,1H3,(H,19,20,23). The van der Waals surface area contributed by atoms with Crippen LogP contribution >= 0.6 is 11.3 Å². The first-order valence-corrected chi connectivity index (χ1v) is 8.63. The maximum atomic E-state index is 12.0. The van der Waals surface area contributed by atoms with E-state index < -0.39 is 0 Å². The van der Waals surface area contributed by atoms with Gasteiger partial charge in [-0.05, 0) is 42.6 Å². The highest BCUT2D eigenvalue weighted by Gasteiger charge is 2.10. The van der Waals surface area contributed by atoms with E-state index in [1.165, 1.54) is 0 Å². The lowest BCUT2D eigenvalue weighted by molar-refractivity contribution is -0.115. The Bertz CT molecular complexity index is 773. The Morgan fingerprint density at radius 1 is 1.08 bits per heavy atom. The van der Waals surface area contributed by atoms with Gasteiger partial charge in [-0.15, -0.1) is 21.5 Å². The Kier molecular flexibility index (Phi) is 5.18. The summed E-state index contributed by atoms with van der Waals surface area (Å²) >= 11 is 1.57. The van der Waals surface area contributed by atoms with E-state index in [1.54, 1.807) is 17.4 Å². The van der Waals surface area contributed by atoms with Crippen molar-refractivity contribution in [1.82, 2.24) is 10.2 Å². The Balaban J connectivity index is 1.67. The number of amides is 1. The summed E-state index contributed by atoms with van der Waals surface area (Å²) in [6.45, 7) is 2.84. The van der Waals surface area contributed by atoms with Crippen molar-refractivity contribution in [3.63, 3.8) is 0 Å². The largest absolute Gasteiger partial charge is 0.325 e. The lowest BCUT2D eigenvalue weighted by Crippen LogP contribution is -2.19. The third-order valence-corrected chi connectivity index (χ3v) is 4.37. The molecule has 0 fully saturated rings. The number of thiophene rings is 1. The fourth-order valence-corrected chi connectivity index (χ4v) is 3.08. The van der Waals surface area contributed by atoms with Gasteiger partial charge in [-0.3, -0.25) is 4.79 Å². The zero-order chi connectivity index (χ0) is 16.8. The monoisotopic (exact) mass is 338 g/mol. The van der Waals surface area contributed by atoms with Gasteiger partial charge in [0.2, 0.25) is 5.91 Å². The van der Waals surface area contributed by atoms with Gasteiger partial charge < -0.3 is 10.2 Å². The quantitative estimate of drug-likeness (QED) is 0.741. The molecule has 1 aromatic carbocycles. The van der Waals surface area contributed by atoms with E-state index in [2.05, 4.69) is 27.3 Å². The van der Waals surface area contributed by atoms with Gasteiger partial charge in [0.15, 0.2) is 11.6 Å². The Morgan fingerprint density at radius 2 is 1.92 bits per heavy atom. The van der Waals surface area contributed by atoms with Crippen LogP contribution in [0.15, 0.2) is 60.0 Å². The first-order chi connectivity index (χ1) is 11.8. The number of nitrogens with zero attached hydrogens (tertiary/aromatic N) is 3. The zero-order valence-corrected chi connectivity index (χ0v) is 14.2. The van der Waals surface area contributed by atoms with Gasteiger partial charge in [-0.2, -0.15) is 0 Å². The van der Waals surface area contributed by atoms with Crippen LogP contribution < -0.4 is 10.2 Å². The molecule has 2 aromatic heterocycles. The molecule has 0 atom stereocenters. The first kappa shape index (κ1) is 16.1. The maximum absolute atomic E-state index is 12.0. The van der Waals surface area contributed by atoms with Gasteiger partial charge in [0.1, 0.15) is 0 Å². The molecule has 0 unspecified atom stereocenters. The number of nitrogens with one attached hydrogen (secondary N) is 1. The topological polar surface area (TPSA) is 58.1 Å². The van der Waals surface area contributed by atoms with Crippen LogP contribution in [0.5, 0.6) is 0 Å². The van der Waals surface area contributed by atoms with E-state index in [-0.39, 0.29) is 5.91 Å². The zero-order valence-electron chi connectivity index (χ0n) is 13.3. The molecular formula is C18H18N4OS. The van der Waals surface area contributed by atoms with Crippen LogP contribution in [-0.4, -0.2) is 22.6 Å². The number of anilines is 3. The minimum Gasteiger partial charge on any atom is -0.325 e. The summed E-state index contributed by atoms with van der Waals surface area (Å²) in [5.74, 6) is 1.12. The fourth-order valence-electron chi connectivity index (χ4n) is 2.38. The molecule has 0 aliphatic rings. The molecule has 2 heterocycles. The molecule has 0 aliphatic carbocycles. The summed E-state index contributed by atoms with van der Waals surface area (Å²) < 4.78 is 0. The van der Waals surface area contributed by atoms with Crippen molar-refractivity contribution in [3.8, 4) is 0 Å². The normalized spacial score (nSPS) is 10.4. The molecular weight excluding hydrogens is 320 g/mol. The third-order valence-electron chi connectivity index (χ3n) is 3.49. The molecule has 3 aromatic rings. The van der Waals surface area contributed by atoms with Crippen LogP contribution in [0.25, 0.3) is 0 Å². The summed E-state index contributed by atoms with van der Waals surface area (Å²) in [6, 6.07) is 17.5. The molecule has 0 bridgehead atoms. The van der Waals surface area contributed by atoms with E-state index in [0.717, 1.165) is 22.9 Å². The minimum absolute atomic E-state index is 0.0880. The molecule has 5 nitrogen and oxygen atoms in total. The number of benzene rings is 1. The highest BCUT2D eigenvalue weighted by molar-refractivity contribution is 7.10. The summed E-state index contributed by atoms with van der Waals surface area (Å²) in [5.41, 5.74) is 1.06. The Morgan fingerprint density at radius 3 is 2.54 bits per heavy atom. The molecule has 0 saturated heterocycles. The third kappa shape index (κ3) is 3.97. The molecule has 0 aliphatic heterocycles. The second-order valence-corrected chi connectivity index (χ2v) is 6.19. The number of rotatable bonds is 6. The summed E-state index contributed by atoms with van der Waals surface area (Å²) in [4.78, 5) is 15.1. The second-order valence-electron chi connectivity index (χ2n) is 5.16. The van der Waals surface area contributed by atoms with Crippen LogP contribution in [-0.2, 0) is 11.2 Å². The van der Waals surface area contributed by atoms with Gasteiger partial charge in [0, 0.05) is 17.1 Å². The average Bonchev–Trinajstić information content (AvgIpc) is 3.11. The van der Waals surface area contributed by atoms with Crippen molar-refractivity contribution >= 4 is 34.6 Å². The van der Waals surface area contributed by atoms with Gasteiger partial charge >= 0.3 is 0 Å². The van der Waals surface area contributed by atoms with Gasteiger partial charge in [-0.1, -0.05) is 24.3 Å². The van der Waals surface area contributed by atoms with Gasteiger partial charge in [0.05, 0.1) is 6.42 Å². The predicted octanol–water partition coefficient (Wildman–Crippen LogP) is 3.88. The number of para-hydroxylation sites is 1. The predicted molar refractivity (Wildman–Crippen MR) is 97.8 cm³/mol. The Hall–Kier alpha value is -2.73. The van der Waals surface area contributed by atoms with E-state index in [4.69, 9.17) is 0 Å². The molecule has 0 spiro atoms. The van der Waals surface area contributed by atoms with Crippen LogP contribution in [0.3, 0.4) is 0 Å². The lowest BCUT2D eigenvalue weighted by atomic mass is 10.3. The molecule has 1 N–H and O–H groups in total. The maximum Gasteiger partial charge on any atom is 0.230 e. The van der Waals surface area contributed by atoms with Crippen molar-refractivity contribution in [2.75, 3.05) is 16.8 Å². The highest BCUT2D eigenvalue weighted by Crippen LogP contribution is 2.22. The molecule has 3 rings (SSSR count). The first-order valence-electron chi connectivity index (χ1n) is 7.75. The number of carbonyl (C=O) groups excluding carboxylic acids is 1. The fraction of sp³-hybridized carbons (Fsp3) is 0.167.